The molecule has 0 spiro atoms. The number of carbonyl (C=O) groups is 2. The van der Waals surface area contributed by atoms with Crippen molar-refractivity contribution in [2.75, 3.05) is 6.54 Å². The highest BCUT2D eigenvalue weighted by Gasteiger charge is 2.49. The zero-order valence-corrected chi connectivity index (χ0v) is 12.8. The Balaban J connectivity index is 1.82. The summed E-state index contributed by atoms with van der Waals surface area (Å²) in [5.41, 5.74) is 0.231. The molecule has 20 heavy (non-hydrogen) atoms. The molecule has 1 N–H and O–H groups in total. The molecule has 112 valence electrons. The van der Waals surface area contributed by atoms with E-state index in [1.165, 1.54) is 19.3 Å². The third-order valence-corrected chi connectivity index (χ3v) is 5.29. The van der Waals surface area contributed by atoms with Gasteiger partial charge in [-0.1, -0.05) is 27.2 Å². The van der Waals surface area contributed by atoms with E-state index in [4.69, 9.17) is 0 Å². The number of nitrogens with zero attached hydrogens (tertiary/aromatic N) is 1. The van der Waals surface area contributed by atoms with Crippen LogP contribution in [0.4, 0.5) is 0 Å². The summed E-state index contributed by atoms with van der Waals surface area (Å²) in [5.74, 6) is 0.775. The van der Waals surface area contributed by atoms with Crippen LogP contribution >= 0.6 is 0 Å². The predicted molar refractivity (Wildman–Crippen MR) is 77.0 cm³/mol. The number of hydrogen-bond donors (Lipinski definition) is 1. The van der Waals surface area contributed by atoms with Crippen molar-refractivity contribution in [3.05, 3.63) is 0 Å². The Morgan fingerprint density at radius 1 is 1.30 bits per heavy atom. The van der Waals surface area contributed by atoms with Gasteiger partial charge in [0, 0.05) is 6.54 Å². The van der Waals surface area contributed by atoms with E-state index in [9.17, 15) is 9.59 Å². The van der Waals surface area contributed by atoms with Gasteiger partial charge in [0.2, 0.25) is 11.8 Å². The number of hydrogen-bond acceptors (Lipinski definition) is 2. The lowest BCUT2D eigenvalue weighted by atomic mass is 9.69. The first kappa shape index (κ1) is 13.9. The monoisotopic (exact) mass is 278 g/mol. The van der Waals surface area contributed by atoms with Crippen molar-refractivity contribution in [1.82, 2.24) is 10.2 Å². The lowest BCUT2D eigenvalue weighted by Crippen LogP contribution is -2.67. The summed E-state index contributed by atoms with van der Waals surface area (Å²) in [7, 11) is 0. The average molecular weight is 278 g/mol. The van der Waals surface area contributed by atoms with Gasteiger partial charge in [-0.15, -0.1) is 0 Å². The molecule has 3 rings (SSSR count). The zero-order chi connectivity index (χ0) is 14.5. The van der Waals surface area contributed by atoms with Gasteiger partial charge in [-0.3, -0.25) is 9.59 Å². The van der Waals surface area contributed by atoms with Crippen LogP contribution in [0.5, 0.6) is 0 Å². The standard InChI is InChI=1S/C16H26N2O2/c1-10(2)13-14(19)17-12(11-5-6-11)15(20)18(13)9-16(3)7-4-8-16/h10-13H,4-9H2,1-3H3,(H,17,19). The molecule has 1 heterocycles. The lowest BCUT2D eigenvalue weighted by Gasteiger charge is -2.48. The van der Waals surface area contributed by atoms with Crippen molar-refractivity contribution in [1.29, 1.82) is 0 Å². The minimum absolute atomic E-state index is 0.0550. The van der Waals surface area contributed by atoms with Crippen LogP contribution in [0, 0.1) is 17.3 Å². The highest BCUT2D eigenvalue weighted by atomic mass is 16.2. The van der Waals surface area contributed by atoms with Crippen molar-refractivity contribution < 1.29 is 9.59 Å². The van der Waals surface area contributed by atoms with E-state index in [-0.39, 0.29) is 35.2 Å². The summed E-state index contributed by atoms with van der Waals surface area (Å²) >= 11 is 0. The van der Waals surface area contributed by atoms with Gasteiger partial charge in [-0.25, -0.2) is 0 Å². The molecule has 0 aromatic carbocycles. The second kappa shape index (κ2) is 4.74. The Labute approximate surface area is 121 Å². The Morgan fingerprint density at radius 2 is 1.95 bits per heavy atom. The number of carbonyl (C=O) groups excluding carboxylic acids is 2. The number of rotatable bonds is 4. The first-order chi connectivity index (χ1) is 9.41. The van der Waals surface area contributed by atoms with Crippen LogP contribution in [0.3, 0.4) is 0 Å². The van der Waals surface area contributed by atoms with E-state index >= 15 is 0 Å². The summed E-state index contributed by atoms with van der Waals surface area (Å²) in [4.78, 5) is 27.1. The topological polar surface area (TPSA) is 49.4 Å². The quantitative estimate of drug-likeness (QED) is 0.854. The van der Waals surface area contributed by atoms with E-state index in [0.717, 1.165) is 19.4 Å². The fourth-order valence-corrected chi connectivity index (χ4v) is 3.70. The van der Waals surface area contributed by atoms with Crippen molar-refractivity contribution in [2.24, 2.45) is 17.3 Å². The molecule has 0 aromatic heterocycles. The fourth-order valence-electron chi connectivity index (χ4n) is 3.70. The summed E-state index contributed by atoms with van der Waals surface area (Å²) in [6.45, 7) is 7.07. The highest BCUT2D eigenvalue weighted by molar-refractivity contribution is 5.97. The van der Waals surface area contributed by atoms with Gasteiger partial charge in [0.25, 0.3) is 0 Å². The number of amides is 2. The molecule has 2 saturated carbocycles. The van der Waals surface area contributed by atoms with Crippen LogP contribution in [0.1, 0.15) is 52.9 Å². The SMILES string of the molecule is CC(C)C1C(=O)NC(C2CC2)C(=O)N1CC1(C)CCC1. The van der Waals surface area contributed by atoms with E-state index in [1.807, 2.05) is 18.7 Å². The molecule has 3 aliphatic rings. The smallest absolute Gasteiger partial charge is 0.246 e. The second-order valence-corrected chi connectivity index (χ2v) is 7.64. The molecule has 2 atom stereocenters. The van der Waals surface area contributed by atoms with Crippen LogP contribution in [0.15, 0.2) is 0 Å². The fraction of sp³-hybridized carbons (Fsp3) is 0.875. The van der Waals surface area contributed by atoms with Crippen LogP contribution < -0.4 is 5.32 Å². The van der Waals surface area contributed by atoms with Crippen molar-refractivity contribution in [3.8, 4) is 0 Å². The summed E-state index contributed by atoms with van der Waals surface area (Å²) in [6, 6.07) is -0.531. The van der Waals surface area contributed by atoms with Gasteiger partial charge >= 0.3 is 0 Å². The summed E-state index contributed by atoms with van der Waals surface area (Å²) in [6.07, 6.45) is 5.76. The van der Waals surface area contributed by atoms with Gasteiger partial charge < -0.3 is 10.2 Å². The molecular formula is C16H26N2O2. The molecule has 3 fully saturated rings. The third kappa shape index (κ3) is 2.33. The molecule has 1 saturated heterocycles. The Kier molecular flexibility index (Phi) is 3.30. The van der Waals surface area contributed by atoms with Gasteiger partial charge in [0.05, 0.1) is 0 Å². The molecule has 1 aliphatic heterocycles. The van der Waals surface area contributed by atoms with Crippen molar-refractivity contribution in [3.63, 3.8) is 0 Å². The predicted octanol–water partition coefficient (Wildman–Crippen LogP) is 1.94. The van der Waals surface area contributed by atoms with Gasteiger partial charge in [-0.05, 0) is 42.9 Å². The molecule has 4 nitrogen and oxygen atoms in total. The zero-order valence-electron chi connectivity index (χ0n) is 12.8. The number of nitrogens with one attached hydrogen (secondary N) is 1. The van der Waals surface area contributed by atoms with Crippen molar-refractivity contribution >= 4 is 11.8 Å². The normalized spacial score (nSPS) is 33.1. The molecule has 4 heteroatoms. The summed E-state index contributed by atoms with van der Waals surface area (Å²) < 4.78 is 0. The van der Waals surface area contributed by atoms with Gasteiger partial charge in [0.15, 0.2) is 0 Å². The highest BCUT2D eigenvalue weighted by Crippen LogP contribution is 2.43. The molecule has 2 amide bonds. The first-order valence-corrected chi connectivity index (χ1v) is 8.02. The van der Waals surface area contributed by atoms with E-state index < -0.39 is 0 Å². The Bertz CT molecular complexity index is 424. The van der Waals surface area contributed by atoms with E-state index in [2.05, 4.69) is 12.2 Å². The molecule has 2 unspecified atom stereocenters. The average Bonchev–Trinajstić information content (AvgIpc) is 3.14. The van der Waals surface area contributed by atoms with Crippen LogP contribution in [-0.2, 0) is 9.59 Å². The second-order valence-electron chi connectivity index (χ2n) is 7.64. The lowest BCUT2D eigenvalue weighted by molar-refractivity contribution is -0.154. The molecule has 0 bridgehead atoms. The molecule has 0 radical (unpaired) electrons. The van der Waals surface area contributed by atoms with E-state index in [1.54, 1.807) is 0 Å². The maximum atomic E-state index is 12.8. The van der Waals surface area contributed by atoms with Crippen LogP contribution in [0.2, 0.25) is 0 Å². The van der Waals surface area contributed by atoms with Crippen molar-refractivity contribution in [2.45, 2.75) is 65.0 Å². The maximum absolute atomic E-state index is 12.8. The number of piperazine rings is 1. The molecule has 2 aliphatic carbocycles. The summed E-state index contributed by atoms with van der Waals surface area (Å²) in [5, 5.41) is 2.98. The van der Waals surface area contributed by atoms with Gasteiger partial charge in [-0.2, -0.15) is 0 Å². The Hall–Kier alpha value is -1.06. The molecule has 0 aromatic rings. The molecular weight excluding hydrogens is 252 g/mol. The Morgan fingerprint density at radius 3 is 2.40 bits per heavy atom. The first-order valence-electron chi connectivity index (χ1n) is 8.02. The third-order valence-electron chi connectivity index (χ3n) is 5.29. The minimum atomic E-state index is -0.282. The van der Waals surface area contributed by atoms with Gasteiger partial charge in [0.1, 0.15) is 12.1 Å². The largest absolute Gasteiger partial charge is 0.342 e. The van der Waals surface area contributed by atoms with Crippen LogP contribution in [-0.4, -0.2) is 35.3 Å². The van der Waals surface area contributed by atoms with Crippen LogP contribution in [0.25, 0.3) is 0 Å². The van der Waals surface area contributed by atoms with E-state index in [0.29, 0.717) is 5.92 Å². The minimum Gasteiger partial charge on any atom is -0.342 e. The maximum Gasteiger partial charge on any atom is 0.246 e.